The van der Waals surface area contributed by atoms with Crippen LogP contribution in [0.2, 0.25) is 0 Å². The Morgan fingerprint density at radius 2 is 1.79 bits per heavy atom. The Bertz CT molecular complexity index is 593. The van der Waals surface area contributed by atoms with Crippen LogP contribution in [0.15, 0.2) is 24.3 Å². The molecular weight excluding hydrogens is 348 g/mol. The zero-order valence-corrected chi connectivity index (χ0v) is 17.8. The number of carbonyl (C=O) groups is 1. The Balaban J connectivity index is 1.47. The molecule has 1 aromatic carbocycles. The van der Waals surface area contributed by atoms with Crippen LogP contribution < -0.4 is 5.32 Å². The second-order valence-electron chi connectivity index (χ2n) is 8.19. The van der Waals surface area contributed by atoms with E-state index in [1.165, 1.54) is 25.9 Å². The Morgan fingerprint density at radius 3 is 2.46 bits per heavy atom. The van der Waals surface area contributed by atoms with Crippen LogP contribution >= 0.6 is 0 Å². The number of hydrogen-bond acceptors (Lipinski definition) is 4. The fourth-order valence-electron chi connectivity index (χ4n) is 4.53. The molecular formula is C23H38N4O. The van der Waals surface area contributed by atoms with Crippen LogP contribution in [0.1, 0.15) is 56.3 Å². The van der Waals surface area contributed by atoms with Crippen LogP contribution in [-0.2, 0) is 0 Å². The lowest BCUT2D eigenvalue weighted by molar-refractivity contribution is 0.0709. The molecule has 2 aliphatic heterocycles. The van der Waals surface area contributed by atoms with Crippen molar-refractivity contribution in [3.8, 4) is 0 Å². The molecule has 0 aromatic heterocycles. The van der Waals surface area contributed by atoms with Crippen LogP contribution in [0.3, 0.4) is 0 Å². The molecule has 0 saturated carbocycles. The number of hydrogen-bond donors (Lipinski definition) is 1. The van der Waals surface area contributed by atoms with E-state index >= 15 is 0 Å². The number of rotatable bonds is 10. The lowest BCUT2D eigenvalue weighted by Crippen LogP contribution is -2.42. The van der Waals surface area contributed by atoms with Gasteiger partial charge in [-0.2, -0.15) is 0 Å². The fourth-order valence-corrected chi connectivity index (χ4v) is 4.53. The van der Waals surface area contributed by atoms with E-state index in [4.69, 9.17) is 0 Å². The van der Waals surface area contributed by atoms with Gasteiger partial charge in [0.05, 0.1) is 0 Å². The first-order valence-electron chi connectivity index (χ1n) is 11.3. The summed E-state index contributed by atoms with van der Waals surface area (Å²) in [5.74, 6) is 0.204. The van der Waals surface area contributed by atoms with Gasteiger partial charge in [0.1, 0.15) is 0 Å². The summed E-state index contributed by atoms with van der Waals surface area (Å²) in [5, 5.41) is 3.48. The Hall–Kier alpha value is -1.59. The van der Waals surface area contributed by atoms with Gasteiger partial charge in [0.2, 0.25) is 0 Å². The summed E-state index contributed by atoms with van der Waals surface area (Å²) in [4.78, 5) is 20.1. The highest BCUT2D eigenvalue weighted by Crippen LogP contribution is 2.23. The first-order valence-corrected chi connectivity index (χ1v) is 11.3. The second kappa shape index (κ2) is 10.8. The van der Waals surface area contributed by atoms with Gasteiger partial charge >= 0.3 is 0 Å². The van der Waals surface area contributed by atoms with Crippen molar-refractivity contribution in [3.63, 3.8) is 0 Å². The van der Waals surface area contributed by atoms with Gasteiger partial charge in [-0.05, 0) is 89.1 Å². The molecule has 1 aromatic rings. The molecule has 3 rings (SSSR count). The SMILES string of the molecule is CCN(CC)CCCNc1ccc(C(=O)N2CCCC2CN2CCCC2)cc1. The van der Waals surface area contributed by atoms with Gasteiger partial charge in [-0.1, -0.05) is 13.8 Å². The average Bonchev–Trinajstić information content (AvgIpc) is 3.40. The number of amides is 1. The summed E-state index contributed by atoms with van der Waals surface area (Å²) in [7, 11) is 0. The minimum Gasteiger partial charge on any atom is -0.385 e. The largest absolute Gasteiger partial charge is 0.385 e. The van der Waals surface area contributed by atoms with E-state index in [0.29, 0.717) is 6.04 Å². The minimum atomic E-state index is 0.204. The molecule has 2 saturated heterocycles. The second-order valence-corrected chi connectivity index (χ2v) is 8.19. The summed E-state index contributed by atoms with van der Waals surface area (Å²) in [6, 6.07) is 8.47. The first-order chi connectivity index (χ1) is 13.7. The van der Waals surface area contributed by atoms with E-state index in [-0.39, 0.29) is 5.91 Å². The summed E-state index contributed by atoms with van der Waals surface area (Å²) in [6.45, 7) is 13.1. The van der Waals surface area contributed by atoms with Crippen LogP contribution in [0.5, 0.6) is 0 Å². The molecule has 2 fully saturated rings. The highest BCUT2D eigenvalue weighted by Gasteiger charge is 2.31. The van der Waals surface area contributed by atoms with Crippen molar-refractivity contribution in [2.75, 3.05) is 57.7 Å². The molecule has 2 aliphatic rings. The maximum absolute atomic E-state index is 13.0. The van der Waals surface area contributed by atoms with Gasteiger partial charge < -0.3 is 20.0 Å². The van der Waals surface area contributed by atoms with Crippen LogP contribution in [0.25, 0.3) is 0 Å². The summed E-state index contributed by atoms with van der Waals surface area (Å²) < 4.78 is 0. The minimum absolute atomic E-state index is 0.204. The van der Waals surface area contributed by atoms with Gasteiger partial charge in [0.15, 0.2) is 0 Å². The van der Waals surface area contributed by atoms with Crippen molar-refractivity contribution in [1.29, 1.82) is 0 Å². The quantitative estimate of drug-likeness (QED) is 0.625. The predicted molar refractivity (Wildman–Crippen MR) is 117 cm³/mol. The molecule has 5 heteroatoms. The first kappa shape index (κ1) is 21.1. The lowest BCUT2D eigenvalue weighted by Gasteiger charge is -2.28. The number of benzene rings is 1. The summed E-state index contributed by atoms with van der Waals surface area (Å²) >= 11 is 0. The number of anilines is 1. The molecule has 5 nitrogen and oxygen atoms in total. The van der Waals surface area contributed by atoms with Crippen molar-refractivity contribution >= 4 is 11.6 Å². The maximum Gasteiger partial charge on any atom is 0.254 e. The van der Waals surface area contributed by atoms with Gasteiger partial charge in [0, 0.05) is 36.9 Å². The highest BCUT2D eigenvalue weighted by molar-refractivity contribution is 5.95. The smallest absolute Gasteiger partial charge is 0.254 e. The van der Waals surface area contributed by atoms with E-state index in [2.05, 4.69) is 46.0 Å². The molecule has 0 radical (unpaired) electrons. The highest BCUT2D eigenvalue weighted by atomic mass is 16.2. The van der Waals surface area contributed by atoms with E-state index in [1.807, 2.05) is 12.1 Å². The zero-order valence-electron chi connectivity index (χ0n) is 17.8. The summed E-state index contributed by atoms with van der Waals surface area (Å²) in [6.07, 6.45) is 6.03. The Morgan fingerprint density at radius 1 is 1.07 bits per heavy atom. The normalized spacial score (nSPS) is 20.2. The molecule has 156 valence electrons. The monoisotopic (exact) mass is 386 g/mol. The van der Waals surface area contributed by atoms with Crippen molar-refractivity contribution < 1.29 is 4.79 Å². The van der Waals surface area contributed by atoms with Crippen LogP contribution in [0.4, 0.5) is 5.69 Å². The maximum atomic E-state index is 13.0. The molecule has 0 aliphatic carbocycles. The van der Waals surface area contributed by atoms with Crippen LogP contribution in [0, 0.1) is 0 Å². The molecule has 0 spiro atoms. The molecule has 0 bridgehead atoms. The van der Waals surface area contributed by atoms with E-state index in [1.54, 1.807) is 0 Å². The zero-order chi connectivity index (χ0) is 19.8. The van der Waals surface area contributed by atoms with Gasteiger partial charge in [-0.25, -0.2) is 0 Å². The molecule has 2 heterocycles. The number of nitrogens with one attached hydrogen (secondary N) is 1. The van der Waals surface area contributed by atoms with Gasteiger partial charge in [-0.3, -0.25) is 4.79 Å². The third kappa shape index (κ3) is 5.71. The van der Waals surface area contributed by atoms with Crippen LogP contribution in [-0.4, -0.2) is 79.0 Å². The van der Waals surface area contributed by atoms with E-state index in [9.17, 15) is 4.79 Å². The van der Waals surface area contributed by atoms with Gasteiger partial charge in [-0.15, -0.1) is 0 Å². The third-order valence-corrected chi connectivity index (χ3v) is 6.31. The predicted octanol–water partition coefficient (Wildman–Crippen LogP) is 3.53. The van der Waals surface area contributed by atoms with Crippen molar-refractivity contribution in [3.05, 3.63) is 29.8 Å². The number of carbonyl (C=O) groups excluding carboxylic acids is 1. The van der Waals surface area contributed by atoms with Crippen molar-refractivity contribution in [2.45, 2.75) is 52.0 Å². The topological polar surface area (TPSA) is 38.8 Å². The molecule has 1 amide bonds. The van der Waals surface area contributed by atoms with Gasteiger partial charge in [0.25, 0.3) is 5.91 Å². The average molecular weight is 387 g/mol. The molecule has 1 unspecified atom stereocenters. The van der Waals surface area contributed by atoms with E-state index < -0.39 is 0 Å². The molecule has 1 atom stereocenters. The Kier molecular flexibility index (Phi) is 8.16. The van der Waals surface area contributed by atoms with E-state index in [0.717, 1.165) is 69.8 Å². The summed E-state index contributed by atoms with van der Waals surface area (Å²) in [5.41, 5.74) is 1.92. The number of nitrogens with zero attached hydrogens (tertiary/aromatic N) is 3. The molecule has 1 N–H and O–H groups in total. The standard InChI is InChI=1S/C23H38N4O/c1-3-25(4-2)17-8-14-24-21-12-10-20(11-13-21)23(28)27-18-7-9-22(27)19-26-15-5-6-16-26/h10-13,22,24H,3-9,14-19H2,1-2H3. The number of likely N-dealkylation sites (tertiary alicyclic amines) is 2. The Labute approximate surface area is 171 Å². The lowest BCUT2D eigenvalue weighted by atomic mass is 10.1. The molecule has 28 heavy (non-hydrogen) atoms. The van der Waals surface area contributed by atoms with Crippen molar-refractivity contribution in [1.82, 2.24) is 14.7 Å². The fraction of sp³-hybridized carbons (Fsp3) is 0.696. The third-order valence-electron chi connectivity index (χ3n) is 6.31. The van der Waals surface area contributed by atoms with Crippen molar-refractivity contribution in [2.24, 2.45) is 0 Å².